The van der Waals surface area contributed by atoms with Crippen molar-refractivity contribution < 1.29 is 8.42 Å². The number of hydrogen-bond donors (Lipinski definition) is 0. The van der Waals surface area contributed by atoms with Crippen molar-refractivity contribution >= 4 is 9.84 Å². The molecule has 0 radical (unpaired) electrons. The molecule has 0 aliphatic carbocycles. The number of aromatic nitrogens is 3. The average molecular weight is 298 g/mol. The van der Waals surface area contributed by atoms with Crippen LogP contribution in [-0.4, -0.2) is 52.2 Å². The van der Waals surface area contributed by atoms with Crippen LogP contribution in [-0.2, 0) is 22.9 Å². The van der Waals surface area contributed by atoms with Crippen LogP contribution in [0.5, 0.6) is 0 Å². The molecule has 0 unspecified atom stereocenters. The van der Waals surface area contributed by atoms with Crippen molar-refractivity contribution in [3.05, 3.63) is 12.2 Å². The summed E-state index contributed by atoms with van der Waals surface area (Å²) in [5.41, 5.74) is 0. The first-order chi connectivity index (χ1) is 9.45. The Morgan fingerprint density at radius 3 is 2.90 bits per heavy atom. The predicted octanol–water partition coefficient (Wildman–Crippen LogP) is 0.553. The summed E-state index contributed by atoms with van der Waals surface area (Å²) in [7, 11) is -2.85. The van der Waals surface area contributed by atoms with Crippen molar-refractivity contribution in [2.24, 2.45) is 11.8 Å². The van der Waals surface area contributed by atoms with E-state index in [1.807, 2.05) is 4.68 Å². The van der Waals surface area contributed by atoms with Crippen molar-refractivity contribution in [3.63, 3.8) is 0 Å². The molecule has 0 N–H and O–H groups in total. The fraction of sp³-hybridized carbons (Fsp3) is 0.846. The van der Waals surface area contributed by atoms with Gasteiger partial charge in [-0.2, -0.15) is 5.10 Å². The van der Waals surface area contributed by atoms with Gasteiger partial charge in [0, 0.05) is 19.6 Å². The van der Waals surface area contributed by atoms with Crippen LogP contribution in [0.1, 0.15) is 26.1 Å². The second kappa shape index (κ2) is 5.11. The summed E-state index contributed by atoms with van der Waals surface area (Å²) in [6.45, 7) is 7.39. The highest BCUT2D eigenvalue weighted by Gasteiger charge is 2.46. The third-order valence-electron chi connectivity index (χ3n) is 4.29. The van der Waals surface area contributed by atoms with Crippen LogP contribution >= 0.6 is 0 Å². The molecule has 2 aliphatic heterocycles. The van der Waals surface area contributed by atoms with E-state index in [0.717, 1.165) is 25.3 Å². The Balaban J connectivity index is 1.67. The smallest absolute Gasteiger partial charge is 0.154 e. The summed E-state index contributed by atoms with van der Waals surface area (Å²) >= 11 is 0. The standard InChI is InChI=1S/C13H22N4O2S/c1-10(2)5-17-13(14-9-15-17)8-16-6-11-3-4-20(18,19)12(11)7-16/h9-12H,3-8H2,1-2H3/t11-,12+/m1/s1. The molecule has 6 nitrogen and oxygen atoms in total. The van der Waals surface area contributed by atoms with E-state index in [1.54, 1.807) is 6.33 Å². The minimum Gasteiger partial charge on any atom is -0.294 e. The number of fused-ring (bicyclic) bond motifs is 1. The van der Waals surface area contributed by atoms with E-state index >= 15 is 0 Å². The molecular weight excluding hydrogens is 276 g/mol. The Morgan fingerprint density at radius 2 is 2.20 bits per heavy atom. The molecule has 0 saturated carbocycles. The number of sulfone groups is 1. The van der Waals surface area contributed by atoms with Gasteiger partial charge in [-0.15, -0.1) is 0 Å². The molecule has 0 spiro atoms. The molecule has 0 amide bonds. The third kappa shape index (κ3) is 2.61. The van der Waals surface area contributed by atoms with E-state index in [2.05, 4.69) is 28.8 Å². The van der Waals surface area contributed by atoms with Gasteiger partial charge in [0.25, 0.3) is 0 Å². The zero-order chi connectivity index (χ0) is 14.3. The summed E-state index contributed by atoms with van der Waals surface area (Å²) in [6, 6.07) is 0. The number of rotatable bonds is 4. The lowest BCUT2D eigenvalue weighted by Gasteiger charge is -2.17. The fourth-order valence-electron chi connectivity index (χ4n) is 3.32. The molecule has 2 saturated heterocycles. The van der Waals surface area contributed by atoms with Crippen LogP contribution in [0.15, 0.2) is 6.33 Å². The van der Waals surface area contributed by atoms with Gasteiger partial charge in [0.1, 0.15) is 12.2 Å². The molecule has 2 aliphatic rings. The highest BCUT2D eigenvalue weighted by molar-refractivity contribution is 7.92. The summed E-state index contributed by atoms with van der Waals surface area (Å²) in [6.07, 6.45) is 2.41. The summed E-state index contributed by atoms with van der Waals surface area (Å²) in [5, 5.41) is 4.11. The van der Waals surface area contributed by atoms with E-state index in [4.69, 9.17) is 0 Å². The summed E-state index contributed by atoms with van der Waals surface area (Å²) in [4.78, 5) is 6.54. The SMILES string of the molecule is CC(C)Cn1ncnc1CN1C[C@H]2CCS(=O)(=O)[C@H]2C1. The first-order valence-corrected chi connectivity index (χ1v) is 8.98. The Kier molecular flexibility index (Phi) is 3.58. The van der Waals surface area contributed by atoms with E-state index in [0.29, 0.717) is 30.7 Å². The van der Waals surface area contributed by atoms with Crippen molar-refractivity contribution in [2.75, 3.05) is 18.8 Å². The van der Waals surface area contributed by atoms with Crippen LogP contribution in [0.2, 0.25) is 0 Å². The van der Waals surface area contributed by atoms with Gasteiger partial charge in [0.2, 0.25) is 0 Å². The predicted molar refractivity (Wildman–Crippen MR) is 75.8 cm³/mol. The number of likely N-dealkylation sites (tertiary alicyclic amines) is 1. The Labute approximate surface area is 120 Å². The van der Waals surface area contributed by atoms with Gasteiger partial charge >= 0.3 is 0 Å². The third-order valence-corrected chi connectivity index (χ3v) is 6.55. The zero-order valence-electron chi connectivity index (χ0n) is 12.1. The molecule has 3 heterocycles. The van der Waals surface area contributed by atoms with Gasteiger partial charge in [-0.05, 0) is 18.3 Å². The van der Waals surface area contributed by atoms with Gasteiger partial charge < -0.3 is 0 Å². The highest BCUT2D eigenvalue weighted by atomic mass is 32.2. The van der Waals surface area contributed by atoms with Crippen molar-refractivity contribution in [3.8, 4) is 0 Å². The van der Waals surface area contributed by atoms with Gasteiger partial charge in [0.05, 0.1) is 17.5 Å². The van der Waals surface area contributed by atoms with Gasteiger partial charge in [-0.25, -0.2) is 18.1 Å². The summed E-state index contributed by atoms with van der Waals surface area (Å²) < 4.78 is 25.8. The zero-order valence-corrected chi connectivity index (χ0v) is 12.9. The maximum absolute atomic E-state index is 11.9. The van der Waals surface area contributed by atoms with Crippen LogP contribution in [0.3, 0.4) is 0 Å². The first kappa shape index (κ1) is 14.0. The van der Waals surface area contributed by atoms with Crippen molar-refractivity contribution in [1.29, 1.82) is 0 Å². The minimum atomic E-state index is -2.85. The van der Waals surface area contributed by atoms with Gasteiger partial charge in [-0.1, -0.05) is 13.8 Å². The van der Waals surface area contributed by atoms with Crippen molar-refractivity contribution in [2.45, 2.75) is 38.6 Å². The molecule has 112 valence electrons. The molecule has 1 aromatic rings. The number of hydrogen-bond acceptors (Lipinski definition) is 5. The lowest BCUT2D eigenvalue weighted by molar-refractivity contribution is 0.295. The minimum absolute atomic E-state index is 0.149. The largest absolute Gasteiger partial charge is 0.294 e. The topological polar surface area (TPSA) is 68.1 Å². The summed E-state index contributed by atoms with van der Waals surface area (Å²) in [5.74, 6) is 2.16. The maximum atomic E-state index is 11.9. The van der Waals surface area contributed by atoms with Crippen molar-refractivity contribution in [1.82, 2.24) is 19.7 Å². The molecule has 2 atom stereocenters. The molecule has 7 heteroatoms. The lowest BCUT2D eigenvalue weighted by Crippen LogP contribution is -2.28. The van der Waals surface area contributed by atoms with Crippen LogP contribution in [0.25, 0.3) is 0 Å². The number of nitrogens with zero attached hydrogens (tertiary/aromatic N) is 4. The van der Waals surface area contributed by atoms with E-state index in [1.165, 1.54) is 0 Å². The fourth-order valence-corrected chi connectivity index (χ4v) is 5.50. The molecule has 2 fully saturated rings. The second-order valence-corrected chi connectivity index (χ2v) is 8.74. The van der Waals surface area contributed by atoms with Crippen LogP contribution in [0, 0.1) is 11.8 Å². The first-order valence-electron chi connectivity index (χ1n) is 7.26. The van der Waals surface area contributed by atoms with Crippen LogP contribution in [0.4, 0.5) is 0 Å². The normalized spacial score (nSPS) is 29.1. The van der Waals surface area contributed by atoms with E-state index in [-0.39, 0.29) is 5.25 Å². The van der Waals surface area contributed by atoms with Gasteiger partial charge in [-0.3, -0.25) is 4.90 Å². The Morgan fingerprint density at radius 1 is 1.40 bits per heavy atom. The molecule has 20 heavy (non-hydrogen) atoms. The molecule has 0 bridgehead atoms. The Hall–Kier alpha value is -0.950. The van der Waals surface area contributed by atoms with Gasteiger partial charge in [0.15, 0.2) is 9.84 Å². The quantitative estimate of drug-likeness (QED) is 0.812. The second-order valence-electron chi connectivity index (χ2n) is 6.40. The monoisotopic (exact) mass is 298 g/mol. The lowest BCUT2D eigenvalue weighted by atomic mass is 10.1. The molecule has 3 rings (SSSR count). The molecule has 1 aromatic heterocycles. The average Bonchev–Trinajstić information content (AvgIpc) is 3.00. The van der Waals surface area contributed by atoms with Crippen LogP contribution < -0.4 is 0 Å². The van der Waals surface area contributed by atoms with E-state index in [9.17, 15) is 8.42 Å². The maximum Gasteiger partial charge on any atom is 0.154 e. The Bertz CT molecular complexity index is 581. The molecular formula is C13H22N4O2S. The highest BCUT2D eigenvalue weighted by Crippen LogP contribution is 2.33. The van der Waals surface area contributed by atoms with E-state index < -0.39 is 9.84 Å². The molecule has 0 aromatic carbocycles.